The number of nitrogens with one attached hydrogen (secondary N) is 2. The SMILES string of the molecule is CC(C)(Sc1ccc(Br)cc1)C(=O)NCC1CNC1.Cl. The molecule has 1 aromatic carbocycles. The average Bonchev–Trinajstić information content (AvgIpc) is 2.29. The molecular weight excluding hydrogens is 360 g/mol. The van der Waals surface area contributed by atoms with Crippen molar-refractivity contribution in [3.05, 3.63) is 28.7 Å². The van der Waals surface area contributed by atoms with Gasteiger partial charge in [-0.3, -0.25) is 4.79 Å². The van der Waals surface area contributed by atoms with Crippen molar-refractivity contribution in [1.82, 2.24) is 10.6 Å². The highest BCUT2D eigenvalue weighted by Crippen LogP contribution is 2.33. The highest BCUT2D eigenvalue weighted by molar-refractivity contribution is 9.10. The molecule has 1 fully saturated rings. The normalized spacial score (nSPS) is 15.2. The molecule has 1 heterocycles. The van der Waals surface area contributed by atoms with E-state index in [-0.39, 0.29) is 18.3 Å². The van der Waals surface area contributed by atoms with E-state index >= 15 is 0 Å². The van der Waals surface area contributed by atoms with E-state index in [0.29, 0.717) is 5.92 Å². The number of amides is 1. The van der Waals surface area contributed by atoms with Crippen molar-refractivity contribution < 1.29 is 4.79 Å². The van der Waals surface area contributed by atoms with Crippen molar-refractivity contribution in [1.29, 1.82) is 0 Å². The summed E-state index contributed by atoms with van der Waals surface area (Å²) in [6.45, 7) is 6.74. The Morgan fingerprint density at radius 2 is 2.00 bits per heavy atom. The first-order valence-electron chi connectivity index (χ1n) is 6.41. The van der Waals surface area contributed by atoms with E-state index in [0.717, 1.165) is 29.0 Å². The van der Waals surface area contributed by atoms with Crippen molar-refractivity contribution in [3.8, 4) is 0 Å². The molecule has 2 N–H and O–H groups in total. The number of carbonyl (C=O) groups is 1. The molecular formula is C14H20BrClN2OS. The molecule has 3 nitrogen and oxygen atoms in total. The number of rotatable bonds is 5. The molecule has 0 saturated carbocycles. The highest BCUT2D eigenvalue weighted by Gasteiger charge is 2.29. The van der Waals surface area contributed by atoms with Gasteiger partial charge in [-0.15, -0.1) is 24.2 Å². The van der Waals surface area contributed by atoms with Gasteiger partial charge in [0, 0.05) is 34.9 Å². The molecule has 1 aliphatic rings. The molecule has 112 valence electrons. The van der Waals surface area contributed by atoms with Crippen LogP contribution in [0.1, 0.15) is 13.8 Å². The highest BCUT2D eigenvalue weighted by atomic mass is 79.9. The van der Waals surface area contributed by atoms with Gasteiger partial charge in [-0.25, -0.2) is 0 Å². The summed E-state index contributed by atoms with van der Waals surface area (Å²) in [6.07, 6.45) is 0. The molecule has 1 aliphatic heterocycles. The fourth-order valence-corrected chi connectivity index (χ4v) is 3.08. The lowest BCUT2D eigenvalue weighted by Gasteiger charge is -2.29. The molecule has 0 radical (unpaired) electrons. The first-order chi connectivity index (χ1) is 8.97. The van der Waals surface area contributed by atoms with Gasteiger partial charge in [0.2, 0.25) is 5.91 Å². The van der Waals surface area contributed by atoms with Gasteiger partial charge in [-0.1, -0.05) is 15.9 Å². The lowest BCUT2D eigenvalue weighted by atomic mass is 10.0. The molecule has 1 amide bonds. The first-order valence-corrected chi connectivity index (χ1v) is 8.02. The maximum Gasteiger partial charge on any atom is 0.236 e. The van der Waals surface area contributed by atoms with Gasteiger partial charge >= 0.3 is 0 Å². The van der Waals surface area contributed by atoms with E-state index in [4.69, 9.17) is 0 Å². The van der Waals surface area contributed by atoms with Crippen molar-refractivity contribution in [3.63, 3.8) is 0 Å². The monoisotopic (exact) mass is 378 g/mol. The van der Waals surface area contributed by atoms with Gasteiger partial charge < -0.3 is 10.6 Å². The zero-order chi connectivity index (χ0) is 13.9. The predicted octanol–water partition coefficient (Wildman–Crippen LogP) is 3.08. The topological polar surface area (TPSA) is 41.1 Å². The summed E-state index contributed by atoms with van der Waals surface area (Å²) in [5, 5.41) is 6.26. The van der Waals surface area contributed by atoms with E-state index in [1.54, 1.807) is 11.8 Å². The Hall–Kier alpha value is -0.230. The predicted molar refractivity (Wildman–Crippen MR) is 90.7 cm³/mol. The van der Waals surface area contributed by atoms with E-state index in [1.165, 1.54) is 0 Å². The number of halogens is 2. The quantitative estimate of drug-likeness (QED) is 0.773. The fraction of sp³-hybridized carbons (Fsp3) is 0.500. The van der Waals surface area contributed by atoms with E-state index in [1.807, 2.05) is 38.1 Å². The van der Waals surface area contributed by atoms with Crippen LogP contribution < -0.4 is 10.6 Å². The molecule has 2 rings (SSSR count). The van der Waals surface area contributed by atoms with Crippen LogP contribution in [0.2, 0.25) is 0 Å². The number of benzene rings is 1. The minimum atomic E-state index is -0.453. The van der Waals surface area contributed by atoms with Crippen LogP contribution in [0.5, 0.6) is 0 Å². The standard InChI is InChI=1S/C14H19BrN2OS.ClH/c1-14(2,13(18)17-9-10-7-16-8-10)19-12-5-3-11(15)4-6-12;/h3-6,10,16H,7-9H2,1-2H3,(H,17,18);1H. The molecule has 0 atom stereocenters. The Labute approximate surface area is 139 Å². The number of hydrogen-bond acceptors (Lipinski definition) is 3. The largest absolute Gasteiger partial charge is 0.355 e. The van der Waals surface area contributed by atoms with Gasteiger partial charge in [-0.05, 0) is 38.1 Å². The van der Waals surface area contributed by atoms with E-state index in [9.17, 15) is 4.79 Å². The van der Waals surface area contributed by atoms with E-state index < -0.39 is 4.75 Å². The fourth-order valence-electron chi connectivity index (χ4n) is 1.79. The number of carbonyl (C=O) groups excluding carboxylic acids is 1. The van der Waals surface area contributed by atoms with Gasteiger partial charge in [0.1, 0.15) is 0 Å². The lowest BCUT2D eigenvalue weighted by molar-refractivity contribution is -0.122. The second-order valence-electron chi connectivity index (χ2n) is 5.30. The third-order valence-electron chi connectivity index (χ3n) is 3.15. The summed E-state index contributed by atoms with van der Waals surface area (Å²) in [6, 6.07) is 8.05. The Morgan fingerprint density at radius 1 is 1.40 bits per heavy atom. The van der Waals surface area contributed by atoms with Crippen LogP contribution in [-0.4, -0.2) is 30.3 Å². The summed E-state index contributed by atoms with van der Waals surface area (Å²) in [5.74, 6) is 0.699. The maximum absolute atomic E-state index is 12.2. The summed E-state index contributed by atoms with van der Waals surface area (Å²) in [7, 11) is 0. The number of thioether (sulfide) groups is 1. The maximum atomic E-state index is 12.2. The minimum absolute atomic E-state index is 0. The third-order valence-corrected chi connectivity index (χ3v) is 4.88. The average molecular weight is 380 g/mol. The first kappa shape index (κ1) is 17.8. The van der Waals surface area contributed by atoms with Crippen LogP contribution in [0.25, 0.3) is 0 Å². The molecule has 0 spiro atoms. The van der Waals surface area contributed by atoms with Crippen LogP contribution in [-0.2, 0) is 4.79 Å². The lowest BCUT2D eigenvalue weighted by Crippen LogP contribution is -2.50. The molecule has 1 aromatic rings. The second-order valence-corrected chi connectivity index (χ2v) is 7.91. The van der Waals surface area contributed by atoms with Gasteiger partial charge in [0.05, 0.1) is 4.75 Å². The smallest absolute Gasteiger partial charge is 0.236 e. The molecule has 0 bridgehead atoms. The van der Waals surface area contributed by atoms with Crippen LogP contribution in [0.3, 0.4) is 0 Å². The molecule has 1 saturated heterocycles. The zero-order valence-corrected chi connectivity index (χ0v) is 14.8. The summed E-state index contributed by atoms with van der Waals surface area (Å²) >= 11 is 5.01. The summed E-state index contributed by atoms with van der Waals surface area (Å²) in [5.41, 5.74) is 0. The minimum Gasteiger partial charge on any atom is -0.355 e. The summed E-state index contributed by atoms with van der Waals surface area (Å²) < 4.78 is 0.599. The second kappa shape index (κ2) is 7.69. The van der Waals surface area contributed by atoms with Crippen molar-refractivity contribution >= 4 is 46.0 Å². The van der Waals surface area contributed by atoms with Gasteiger partial charge in [-0.2, -0.15) is 0 Å². The molecule has 0 unspecified atom stereocenters. The van der Waals surface area contributed by atoms with Crippen LogP contribution in [0.15, 0.2) is 33.6 Å². The Morgan fingerprint density at radius 3 is 2.50 bits per heavy atom. The number of hydrogen-bond donors (Lipinski definition) is 2. The third kappa shape index (κ3) is 4.95. The molecule has 0 aromatic heterocycles. The summed E-state index contributed by atoms with van der Waals surface area (Å²) in [4.78, 5) is 13.3. The van der Waals surface area contributed by atoms with Crippen molar-refractivity contribution in [2.75, 3.05) is 19.6 Å². The Kier molecular flexibility index (Phi) is 6.85. The van der Waals surface area contributed by atoms with Crippen LogP contribution in [0, 0.1) is 5.92 Å². The van der Waals surface area contributed by atoms with Crippen molar-refractivity contribution in [2.45, 2.75) is 23.5 Å². The van der Waals surface area contributed by atoms with E-state index in [2.05, 4.69) is 26.6 Å². The van der Waals surface area contributed by atoms with Crippen LogP contribution in [0.4, 0.5) is 0 Å². The zero-order valence-electron chi connectivity index (χ0n) is 11.6. The molecule has 6 heteroatoms. The van der Waals surface area contributed by atoms with Crippen LogP contribution >= 0.6 is 40.1 Å². The van der Waals surface area contributed by atoms with Gasteiger partial charge in [0.25, 0.3) is 0 Å². The van der Waals surface area contributed by atoms with Crippen molar-refractivity contribution in [2.24, 2.45) is 5.92 Å². The Bertz CT molecular complexity index is 449. The Balaban J connectivity index is 0.00000200. The molecule has 0 aliphatic carbocycles. The molecule has 20 heavy (non-hydrogen) atoms. The van der Waals surface area contributed by atoms with Gasteiger partial charge in [0.15, 0.2) is 0 Å².